The van der Waals surface area contributed by atoms with Crippen LogP contribution in [0.5, 0.6) is 5.75 Å². The van der Waals surface area contributed by atoms with E-state index in [1.54, 1.807) is 11.0 Å². The van der Waals surface area contributed by atoms with Crippen molar-refractivity contribution in [1.82, 2.24) is 4.90 Å². The number of carbonyl (C=O) groups is 2. The number of thioether (sulfide) groups is 1. The summed E-state index contributed by atoms with van der Waals surface area (Å²) in [5.41, 5.74) is 3.55. The smallest absolute Gasteiger partial charge is 0.303 e. The van der Waals surface area contributed by atoms with Gasteiger partial charge in [0.05, 0.1) is 18.0 Å². The van der Waals surface area contributed by atoms with E-state index < -0.39 is 23.1 Å². The van der Waals surface area contributed by atoms with Crippen LogP contribution in [-0.4, -0.2) is 57.2 Å². The number of benzene rings is 3. The Morgan fingerprint density at radius 1 is 1.05 bits per heavy atom. The highest BCUT2D eigenvalue weighted by atomic mass is 32.2. The fourth-order valence-corrected chi connectivity index (χ4v) is 5.71. The van der Waals surface area contributed by atoms with Crippen molar-refractivity contribution in [3.8, 4) is 5.75 Å². The summed E-state index contributed by atoms with van der Waals surface area (Å²) in [6, 6.07) is 20.8. The van der Waals surface area contributed by atoms with Crippen LogP contribution in [-0.2, 0) is 20.7 Å². The molecular formula is C29H31FN2O4S. The highest BCUT2D eigenvalue weighted by Crippen LogP contribution is 2.47. The van der Waals surface area contributed by atoms with Gasteiger partial charge in [0, 0.05) is 24.9 Å². The van der Waals surface area contributed by atoms with Crippen LogP contribution in [0.15, 0.2) is 71.6 Å². The summed E-state index contributed by atoms with van der Waals surface area (Å²) >= 11 is 1.41. The van der Waals surface area contributed by atoms with Crippen LogP contribution >= 0.6 is 11.8 Å². The number of halogens is 1. The molecule has 0 fully saturated rings. The Balaban J connectivity index is 1.81. The Labute approximate surface area is 221 Å². The SMILES string of the molecule is COc1ccc([C@@H]2Sc3cc(Cc4ccccc4)ccc3N(CCN(C)C)C(=O)[C@@H]2OC(C)=O)cc1F. The molecule has 4 rings (SSSR count). The number of fused-ring (bicyclic) bond motifs is 1. The number of nitrogens with zero attached hydrogens (tertiary/aromatic N) is 2. The first-order valence-corrected chi connectivity index (χ1v) is 12.9. The largest absolute Gasteiger partial charge is 0.494 e. The average Bonchev–Trinajstić information content (AvgIpc) is 2.97. The predicted octanol–water partition coefficient (Wildman–Crippen LogP) is 5.10. The summed E-state index contributed by atoms with van der Waals surface area (Å²) in [5.74, 6) is -1.33. The maximum atomic E-state index is 14.7. The number of likely N-dealkylation sites (N-methyl/N-ethyl adjacent to an activating group) is 1. The first-order valence-electron chi connectivity index (χ1n) is 12.1. The van der Waals surface area contributed by atoms with Gasteiger partial charge in [-0.3, -0.25) is 9.59 Å². The molecule has 8 heteroatoms. The quantitative estimate of drug-likeness (QED) is 0.384. The third-order valence-electron chi connectivity index (χ3n) is 6.17. The molecule has 0 N–H and O–H groups in total. The molecule has 1 aliphatic heterocycles. The van der Waals surface area contributed by atoms with Crippen LogP contribution in [0, 0.1) is 5.82 Å². The van der Waals surface area contributed by atoms with Gasteiger partial charge in [0.15, 0.2) is 17.7 Å². The van der Waals surface area contributed by atoms with Crippen LogP contribution in [0.2, 0.25) is 0 Å². The van der Waals surface area contributed by atoms with Gasteiger partial charge in [-0.25, -0.2) is 4.39 Å². The van der Waals surface area contributed by atoms with Crippen LogP contribution in [0.25, 0.3) is 0 Å². The van der Waals surface area contributed by atoms with Gasteiger partial charge >= 0.3 is 5.97 Å². The lowest BCUT2D eigenvalue weighted by Crippen LogP contribution is -2.45. The van der Waals surface area contributed by atoms with Gasteiger partial charge in [-0.1, -0.05) is 42.5 Å². The maximum absolute atomic E-state index is 14.7. The number of amides is 1. The number of hydrogen-bond donors (Lipinski definition) is 0. The Hall–Kier alpha value is -3.36. The molecule has 0 spiro atoms. The van der Waals surface area contributed by atoms with Crippen LogP contribution in [0.4, 0.5) is 10.1 Å². The van der Waals surface area contributed by atoms with Crippen molar-refractivity contribution in [2.24, 2.45) is 0 Å². The fraction of sp³-hybridized carbons (Fsp3) is 0.310. The van der Waals surface area contributed by atoms with Crippen molar-refractivity contribution < 1.29 is 23.5 Å². The predicted molar refractivity (Wildman–Crippen MR) is 144 cm³/mol. The maximum Gasteiger partial charge on any atom is 0.303 e. The molecule has 0 bridgehead atoms. The van der Waals surface area contributed by atoms with E-state index in [0.29, 0.717) is 18.7 Å². The topological polar surface area (TPSA) is 59.1 Å². The Morgan fingerprint density at radius 2 is 1.81 bits per heavy atom. The van der Waals surface area contributed by atoms with E-state index in [9.17, 15) is 14.0 Å². The van der Waals surface area contributed by atoms with Crippen molar-refractivity contribution in [2.75, 3.05) is 39.2 Å². The van der Waals surface area contributed by atoms with Gasteiger partial charge < -0.3 is 19.3 Å². The van der Waals surface area contributed by atoms with Crippen molar-refractivity contribution >= 4 is 29.3 Å². The Kier molecular flexibility index (Phi) is 8.51. The number of hydrogen-bond acceptors (Lipinski definition) is 6. The molecule has 6 nitrogen and oxygen atoms in total. The van der Waals surface area contributed by atoms with Gasteiger partial charge in [-0.2, -0.15) is 0 Å². The lowest BCUT2D eigenvalue weighted by atomic mass is 10.0. The minimum absolute atomic E-state index is 0.107. The van der Waals surface area contributed by atoms with Crippen molar-refractivity contribution in [3.05, 3.63) is 89.2 Å². The summed E-state index contributed by atoms with van der Waals surface area (Å²) in [6.45, 7) is 2.32. The first-order chi connectivity index (χ1) is 17.8. The van der Waals surface area contributed by atoms with Crippen LogP contribution in [0.3, 0.4) is 0 Å². The molecule has 0 aliphatic carbocycles. The summed E-state index contributed by atoms with van der Waals surface area (Å²) in [7, 11) is 5.28. The molecule has 0 unspecified atom stereocenters. The zero-order chi connectivity index (χ0) is 26.5. The number of rotatable bonds is 8. The van der Waals surface area contributed by atoms with Gasteiger partial charge in [-0.15, -0.1) is 11.8 Å². The molecule has 37 heavy (non-hydrogen) atoms. The second-order valence-corrected chi connectivity index (χ2v) is 10.4. The van der Waals surface area contributed by atoms with Crippen LogP contribution < -0.4 is 9.64 Å². The van der Waals surface area contributed by atoms with E-state index in [1.807, 2.05) is 49.3 Å². The summed E-state index contributed by atoms with van der Waals surface area (Å²) in [4.78, 5) is 30.6. The average molecular weight is 523 g/mol. The summed E-state index contributed by atoms with van der Waals surface area (Å²) in [5, 5.41) is -0.646. The molecular weight excluding hydrogens is 491 g/mol. The van der Waals surface area contributed by atoms with E-state index in [1.165, 1.54) is 43.5 Å². The number of ether oxygens (including phenoxy) is 2. The first kappa shape index (κ1) is 26.7. The second kappa shape index (κ2) is 11.8. The monoisotopic (exact) mass is 522 g/mol. The molecule has 3 aromatic carbocycles. The highest BCUT2D eigenvalue weighted by Gasteiger charge is 2.41. The van der Waals surface area contributed by atoms with Crippen molar-refractivity contribution in [2.45, 2.75) is 29.6 Å². The number of carbonyl (C=O) groups excluding carboxylic acids is 2. The molecule has 0 saturated carbocycles. The third-order valence-corrected chi connectivity index (χ3v) is 7.53. The standard InChI is InChI=1S/C29H31FN2O4S/c1-19(33)36-27-28(22-11-13-25(35-4)23(30)18-22)37-26-17-21(16-20-8-6-5-7-9-20)10-12-24(26)32(29(27)34)15-14-31(2)3/h5-13,17-18,27-28H,14-16H2,1-4H3/t27-,28+/m1/s1. The zero-order valence-electron chi connectivity index (χ0n) is 21.4. The Morgan fingerprint density at radius 3 is 2.46 bits per heavy atom. The fourth-order valence-electron chi connectivity index (χ4n) is 4.34. The molecule has 0 aromatic heterocycles. The molecule has 0 saturated heterocycles. The second-order valence-electron chi connectivity index (χ2n) is 9.22. The van der Waals surface area contributed by atoms with E-state index in [4.69, 9.17) is 9.47 Å². The number of esters is 1. The summed E-state index contributed by atoms with van der Waals surface area (Å²) < 4.78 is 25.4. The van der Waals surface area contributed by atoms with E-state index in [0.717, 1.165) is 22.6 Å². The molecule has 0 radical (unpaired) electrons. The van der Waals surface area contributed by atoms with E-state index in [-0.39, 0.29) is 11.7 Å². The van der Waals surface area contributed by atoms with Crippen molar-refractivity contribution in [1.29, 1.82) is 0 Å². The minimum Gasteiger partial charge on any atom is -0.494 e. The molecule has 194 valence electrons. The molecule has 1 amide bonds. The van der Waals surface area contributed by atoms with E-state index in [2.05, 4.69) is 18.2 Å². The lowest BCUT2D eigenvalue weighted by molar-refractivity contribution is -0.152. The van der Waals surface area contributed by atoms with Gasteiger partial charge in [0.25, 0.3) is 5.91 Å². The zero-order valence-corrected chi connectivity index (χ0v) is 22.3. The van der Waals surface area contributed by atoms with Gasteiger partial charge in [0.2, 0.25) is 0 Å². The van der Waals surface area contributed by atoms with Crippen molar-refractivity contribution in [3.63, 3.8) is 0 Å². The number of anilines is 1. The molecule has 2 atom stereocenters. The summed E-state index contributed by atoms with van der Waals surface area (Å²) in [6.07, 6.45) is -0.391. The third kappa shape index (κ3) is 6.32. The Bertz CT molecular complexity index is 1270. The number of methoxy groups -OCH3 is 1. The normalized spacial score (nSPS) is 17.4. The van der Waals surface area contributed by atoms with Crippen LogP contribution in [0.1, 0.15) is 28.9 Å². The molecule has 1 heterocycles. The van der Waals surface area contributed by atoms with E-state index >= 15 is 0 Å². The highest BCUT2D eigenvalue weighted by molar-refractivity contribution is 7.99. The minimum atomic E-state index is -1.12. The van der Waals surface area contributed by atoms with Gasteiger partial charge in [-0.05, 0) is 61.5 Å². The van der Waals surface area contributed by atoms with Gasteiger partial charge in [0.1, 0.15) is 0 Å². The molecule has 1 aliphatic rings. The molecule has 3 aromatic rings. The lowest BCUT2D eigenvalue weighted by Gasteiger charge is -2.28.